The zero-order chi connectivity index (χ0) is 25.4. The Morgan fingerprint density at radius 2 is 1.44 bits per heavy atom. The smallest absolute Gasteiger partial charge is 0.408 e. The largest absolute Gasteiger partial charge is 0.465 e. The van der Waals surface area contributed by atoms with Crippen molar-refractivity contribution in [1.29, 1.82) is 0 Å². The second kappa shape index (κ2) is 16.1. The first kappa shape index (κ1) is 29.5. The molecule has 192 valence electrons. The molecule has 7 nitrogen and oxygen atoms in total. The van der Waals surface area contributed by atoms with Crippen LogP contribution in [0.1, 0.15) is 109 Å². The molecule has 0 unspecified atom stereocenters. The van der Waals surface area contributed by atoms with Crippen LogP contribution < -0.4 is 5.73 Å². The van der Waals surface area contributed by atoms with Crippen LogP contribution >= 0.6 is 0 Å². The van der Waals surface area contributed by atoms with E-state index in [4.69, 9.17) is 10.6 Å². The van der Waals surface area contributed by atoms with E-state index in [1.54, 1.807) is 0 Å². The Morgan fingerprint density at radius 3 is 1.97 bits per heavy atom. The molecule has 0 saturated carbocycles. The monoisotopic (exact) mass is 475 g/mol. The average Bonchev–Trinajstić information content (AvgIpc) is 2.78. The van der Waals surface area contributed by atoms with Gasteiger partial charge in [0.05, 0.1) is 6.42 Å². The minimum atomic E-state index is -0.947. The normalized spacial score (nSPS) is 11.9. The molecule has 1 aromatic carbocycles. The number of nitrogens with zero attached hydrogens (tertiary/aromatic N) is 2. The number of oxime groups is 1. The molecule has 7 heteroatoms. The number of carbonyl (C=O) groups is 2. The van der Waals surface area contributed by atoms with E-state index in [1.807, 2.05) is 45.0 Å². The summed E-state index contributed by atoms with van der Waals surface area (Å²) in [5, 5.41) is 13.2. The van der Waals surface area contributed by atoms with Crippen molar-refractivity contribution in [3.63, 3.8) is 0 Å². The number of hydrogen-bond acceptors (Lipinski definition) is 4. The predicted molar refractivity (Wildman–Crippen MR) is 138 cm³/mol. The molecule has 0 aliphatic heterocycles. The molecule has 0 spiro atoms. The highest BCUT2D eigenvalue weighted by molar-refractivity contribution is 5.80. The highest BCUT2D eigenvalue weighted by atomic mass is 16.7. The molecule has 0 saturated heterocycles. The predicted octanol–water partition coefficient (Wildman–Crippen LogP) is 6.63. The van der Waals surface area contributed by atoms with Crippen LogP contribution in [0.15, 0.2) is 29.4 Å². The molecule has 34 heavy (non-hydrogen) atoms. The van der Waals surface area contributed by atoms with E-state index in [9.17, 15) is 14.7 Å². The summed E-state index contributed by atoms with van der Waals surface area (Å²) in [4.78, 5) is 29.8. The van der Waals surface area contributed by atoms with Gasteiger partial charge in [0.15, 0.2) is 0 Å². The summed E-state index contributed by atoms with van der Waals surface area (Å²) in [7, 11) is 0. The minimum Gasteiger partial charge on any atom is -0.465 e. The molecule has 0 heterocycles. The molecule has 0 fully saturated rings. The number of carboxylic acid groups (broad SMARTS) is 1. The fourth-order valence-electron chi connectivity index (χ4n) is 3.65. The molecule has 0 aliphatic rings. The molecule has 0 bridgehead atoms. The fraction of sp³-hybridized carbons (Fsp3) is 0.667. The van der Waals surface area contributed by atoms with Crippen LogP contribution in [-0.4, -0.2) is 33.4 Å². The minimum absolute atomic E-state index is 0.206. The maximum Gasteiger partial charge on any atom is 0.408 e. The van der Waals surface area contributed by atoms with Gasteiger partial charge in [-0.25, -0.2) is 9.59 Å². The highest BCUT2D eigenvalue weighted by Gasteiger charge is 2.25. The van der Waals surface area contributed by atoms with Crippen molar-refractivity contribution in [3.8, 4) is 0 Å². The van der Waals surface area contributed by atoms with Crippen LogP contribution in [0.25, 0.3) is 0 Å². The Morgan fingerprint density at radius 1 is 0.912 bits per heavy atom. The summed E-state index contributed by atoms with van der Waals surface area (Å²) in [5.74, 6) is -0.0497. The van der Waals surface area contributed by atoms with Crippen LogP contribution in [0.2, 0.25) is 0 Å². The maximum atomic E-state index is 12.0. The topological polar surface area (TPSA) is 105 Å². The van der Waals surface area contributed by atoms with Crippen molar-refractivity contribution in [1.82, 2.24) is 4.90 Å². The van der Waals surface area contributed by atoms with E-state index in [0.717, 1.165) is 24.0 Å². The molecule has 1 amide bonds. The number of carbonyl (C=O) groups excluding carboxylic acids is 1. The van der Waals surface area contributed by atoms with Gasteiger partial charge in [-0.3, -0.25) is 4.90 Å². The molecule has 0 radical (unpaired) electrons. The van der Waals surface area contributed by atoms with Crippen molar-refractivity contribution >= 4 is 17.9 Å². The third kappa shape index (κ3) is 13.2. The molecule has 3 N–H and O–H groups in total. The van der Waals surface area contributed by atoms with Gasteiger partial charge in [-0.15, -0.1) is 0 Å². The lowest BCUT2D eigenvalue weighted by atomic mass is 10.0. The first-order chi connectivity index (χ1) is 16.1. The van der Waals surface area contributed by atoms with Crippen LogP contribution in [0.5, 0.6) is 0 Å². The lowest BCUT2D eigenvalue weighted by Crippen LogP contribution is -2.44. The van der Waals surface area contributed by atoms with Gasteiger partial charge in [0.2, 0.25) is 0 Å². The lowest BCUT2D eigenvalue weighted by Gasteiger charge is -2.33. The third-order valence-corrected chi connectivity index (χ3v) is 5.82. The van der Waals surface area contributed by atoms with Crippen molar-refractivity contribution in [2.75, 3.05) is 0 Å². The Bertz CT molecular complexity index is 754. The van der Waals surface area contributed by atoms with Crippen molar-refractivity contribution < 1.29 is 19.5 Å². The van der Waals surface area contributed by atoms with E-state index in [1.165, 1.54) is 49.8 Å². The summed E-state index contributed by atoms with van der Waals surface area (Å²) < 4.78 is 0. The van der Waals surface area contributed by atoms with Crippen LogP contribution in [-0.2, 0) is 22.6 Å². The van der Waals surface area contributed by atoms with Gasteiger partial charge >= 0.3 is 12.1 Å². The third-order valence-electron chi connectivity index (χ3n) is 5.82. The van der Waals surface area contributed by atoms with E-state index < -0.39 is 17.6 Å². The number of hydrogen-bond donors (Lipinski definition) is 2. The van der Waals surface area contributed by atoms with Gasteiger partial charge in [-0.1, -0.05) is 87.7 Å². The Hall–Kier alpha value is -2.57. The fourth-order valence-corrected chi connectivity index (χ4v) is 3.65. The SMILES string of the molecule is CCCCCCCCCCCC(N)=NOC(=O)CCc1ccc(CN(C(=O)O)C(C)(C)C)cc1. The van der Waals surface area contributed by atoms with Gasteiger partial charge < -0.3 is 15.7 Å². The summed E-state index contributed by atoms with van der Waals surface area (Å²) in [5.41, 5.74) is 7.26. The number of rotatable bonds is 16. The van der Waals surface area contributed by atoms with E-state index in [0.29, 0.717) is 25.2 Å². The molecule has 0 atom stereocenters. The molecule has 0 aliphatic carbocycles. The van der Waals surface area contributed by atoms with Crippen molar-refractivity contribution in [2.24, 2.45) is 10.9 Å². The van der Waals surface area contributed by atoms with Gasteiger partial charge in [0.1, 0.15) is 5.84 Å². The maximum absolute atomic E-state index is 12.0. The van der Waals surface area contributed by atoms with Gasteiger partial charge in [-0.2, -0.15) is 0 Å². The highest BCUT2D eigenvalue weighted by Crippen LogP contribution is 2.18. The van der Waals surface area contributed by atoms with Crippen molar-refractivity contribution in [2.45, 2.75) is 117 Å². The van der Waals surface area contributed by atoms with E-state index in [-0.39, 0.29) is 6.42 Å². The first-order valence-electron chi connectivity index (χ1n) is 12.7. The number of amidine groups is 1. The van der Waals surface area contributed by atoms with Crippen molar-refractivity contribution in [3.05, 3.63) is 35.4 Å². The molecular formula is C27H45N3O4. The second-order valence-electron chi connectivity index (χ2n) is 9.98. The summed E-state index contributed by atoms with van der Waals surface area (Å²) >= 11 is 0. The van der Waals surface area contributed by atoms with Crippen LogP contribution in [0, 0.1) is 0 Å². The number of benzene rings is 1. The lowest BCUT2D eigenvalue weighted by molar-refractivity contribution is -0.143. The van der Waals surface area contributed by atoms with Gasteiger partial charge in [0.25, 0.3) is 0 Å². The Balaban J connectivity index is 2.27. The van der Waals surface area contributed by atoms with E-state index in [2.05, 4.69) is 12.1 Å². The summed E-state index contributed by atoms with van der Waals surface area (Å²) in [6.45, 7) is 8.15. The summed E-state index contributed by atoms with van der Waals surface area (Å²) in [6, 6.07) is 7.60. The van der Waals surface area contributed by atoms with Crippen LogP contribution in [0.4, 0.5) is 4.79 Å². The number of nitrogens with two attached hydrogens (primary N) is 1. The quantitative estimate of drug-likeness (QED) is 0.0917. The Kier molecular flexibility index (Phi) is 14.0. The zero-order valence-corrected chi connectivity index (χ0v) is 21.6. The second-order valence-corrected chi connectivity index (χ2v) is 9.98. The molecule has 0 aromatic heterocycles. The zero-order valence-electron chi connectivity index (χ0n) is 21.6. The Labute approximate surface area is 205 Å². The molecule has 1 aromatic rings. The van der Waals surface area contributed by atoms with Gasteiger partial charge in [0, 0.05) is 18.5 Å². The van der Waals surface area contributed by atoms with Gasteiger partial charge in [-0.05, 0) is 44.7 Å². The van der Waals surface area contributed by atoms with Crippen LogP contribution in [0.3, 0.4) is 0 Å². The molecular weight excluding hydrogens is 430 g/mol. The number of unbranched alkanes of at least 4 members (excludes halogenated alkanes) is 8. The number of aryl methyl sites for hydroxylation is 1. The first-order valence-corrected chi connectivity index (χ1v) is 12.7. The molecule has 1 rings (SSSR count). The average molecular weight is 476 g/mol. The standard InChI is InChI=1S/C27H45N3O4/c1-5-6-7-8-9-10-11-12-13-14-24(28)29-34-25(31)20-19-22-15-17-23(18-16-22)21-30(26(32)33)27(2,3)4/h15-18H,5-14,19-21H2,1-4H3,(H2,28,29)(H,32,33). The van der Waals surface area contributed by atoms with E-state index >= 15 is 0 Å². The summed E-state index contributed by atoms with van der Waals surface area (Å²) in [6.07, 6.45) is 11.6. The number of amides is 1.